The van der Waals surface area contributed by atoms with Crippen molar-refractivity contribution in [1.29, 1.82) is 0 Å². The largest absolute Gasteiger partial charge is 0.390 e. The average molecular weight is 591 g/mol. The van der Waals surface area contributed by atoms with Gasteiger partial charge >= 0.3 is 0 Å². The maximum absolute atomic E-state index is 11.2. The fraction of sp³-hybridized carbons (Fsp3) is 0.538. The summed E-state index contributed by atoms with van der Waals surface area (Å²) in [6.45, 7) is 0.202. The van der Waals surface area contributed by atoms with Crippen LogP contribution in [0.1, 0.15) is 24.0 Å². The molecule has 0 bridgehead atoms. The van der Waals surface area contributed by atoms with E-state index in [2.05, 4.69) is 40.1 Å². The summed E-state index contributed by atoms with van der Waals surface area (Å²) in [7, 11) is 0. The molecule has 2 fully saturated rings. The van der Waals surface area contributed by atoms with Gasteiger partial charge in [-0.05, 0) is 46.1 Å². The predicted molar refractivity (Wildman–Crippen MR) is 152 cm³/mol. The zero-order chi connectivity index (χ0) is 30.4. The minimum Gasteiger partial charge on any atom is -0.390 e. The Hall–Kier alpha value is -4.52. The number of azide groups is 4. The molecular formula is C26H30N12O5. The van der Waals surface area contributed by atoms with E-state index in [1.165, 1.54) is 0 Å². The molecule has 1 saturated heterocycles. The summed E-state index contributed by atoms with van der Waals surface area (Å²) in [5.41, 5.74) is 38.4. The lowest BCUT2D eigenvalue weighted by molar-refractivity contribution is -0.278. The van der Waals surface area contributed by atoms with Gasteiger partial charge in [0.05, 0.1) is 62.3 Å². The number of aliphatic hydroxyl groups excluding tert-OH is 1. The van der Waals surface area contributed by atoms with Gasteiger partial charge in [-0.3, -0.25) is 0 Å². The van der Waals surface area contributed by atoms with Gasteiger partial charge in [-0.2, -0.15) is 0 Å². The quantitative estimate of drug-likeness (QED) is 0.173. The zero-order valence-electron chi connectivity index (χ0n) is 23.0. The zero-order valence-corrected chi connectivity index (χ0v) is 23.0. The molecule has 1 saturated carbocycles. The molecule has 17 heteroatoms. The van der Waals surface area contributed by atoms with E-state index >= 15 is 0 Å². The maximum Gasteiger partial charge on any atom is 0.167 e. The molecule has 0 amide bonds. The molecule has 0 radical (unpaired) electrons. The van der Waals surface area contributed by atoms with Gasteiger partial charge in [-0.15, -0.1) is 0 Å². The van der Waals surface area contributed by atoms with E-state index < -0.39 is 54.9 Å². The van der Waals surface area contributed by atoms with E-state index in [9.17, 15) is 16.2 Å². The molecule has 2 aliphatic rings. The van der Waals surface area contributed by atoms with E-state index in [1.807, 2.05) is 60.7 Å². The minimum absolute atomic E-state index is 0.0327. The Bertz CT molecular complexity index is 1380. The molecule has 1 N–H and O–H groups in total. The van der Waals surface area contributed by atoms with E-state index in [4.69, 9.17) is 30.0 Å². The van der Waals surface area contributed by atoms with E-state index in [1.54, 1.807) is 0 Å². The predicted octanol–water partition coefficient (Wildman–Crippen LogP) is 5.77. The van der Waals surface area contributed by atoms with Crippen LogP contribution in [-0.4, -0.2) is 66.6 Å². The van der Waals surface area contributed by atoms with Crippen molar-refractivity contribution in [2.45, 2.75) is 81.0 Å². The van der Waals surface area contributed by atoms with Gasteiger partial charge < -0.3 is 24.1 Å². The van der Waals surface area contributed by atoms with E-state index in [0.717, 1.165) is 11.1 Å². The summed E-state index contributed by atoms with van der Waals surface area (Å²) < 4.78 is 24.7. The normalized spacial score (nSPS) is 30.0. The standard InChI is InChI=1S/C26H30N12O5/c27-35-31-13-22-21(40-14-16-7-3-1-4-8-16)12-20(34-38-30)26(42-22)43-24-19(33-37-29)11-18(32-36-28)23(39)25(24)41-15-17-9-5-2-6-10-17/h1-10,18-26,39H,11-15H2/t18-,19+,20-,21+,22-,23+,24-,25-,26-/m1/s1. The second-order valence-electron chi connectivity index (χ2n) is 9.93. The third kappa shape index (κ3) is 8.51. The van der Waals surface area contributed by atoms with Gasteiger partial charge in [0.1, 0.15) is 6.10 Å². The molecule has 224 valence electrons. The molecule has 0 spiro atoms. The van der Waals surface area contributed by atoms with Crippen LogP contribution in [0.2, 0.25) is 0 Å². The van der Waals surface area contributed by atoms with Crippen LogP contribution < -0.4 is 0 Å². The highest BCUT2D eigenvalue weighted by Gasteiger charge is 2.48. The fourth-order valence-corrected chi connectivity index (χ4v) is 5.17. The molecule has 9 atom stereocenters. The molecule has 0 aromatic heterocycles. The van der Waals surface area contributed by atoms with Crippen molar-refractivity contribution in [3.05, 3.63) is 114 Å². The number of ether oxygens (including phenoxy) is 4. The average Bonchev–Trinajstić information content (AvgIpc) is 3.03. The molecular weight excluding hydrogens is 560 g/mol. The van der Waals surface area contributed by atoms with Crippen LogP contribution in [-0.2, 0) is 32.2 Å². The number of hydrogen-bond acceptors (Lipinski definition) is 9. The van der Waals surface area contributed by atoms with Crippen molar-refractivity contribution < 1.29 is 24.1 Å². The Balaban J connectivity index is 1.60. The molecule has 2 aromatic rings. The number of nitrogens with zero attached hydrogens (tertiary/aromatic N) is 12. The number of benzene rings is 2. The smallest absolute Gasteiger partial charge is 0.167 e. The van der Waals surface area contributed by atoms with Crippen LogP contribution in [0.4, 0.5) is 0 Å². The van der Waals surface area contributed by atoms with Crippen molar-refractivity contribution in [3.63, 3.8) is 0 Å². The summed E-state index contributed by atoms with van der Waals surface area (Å²) >= 11 is 0. The first-order valence-corrected chi connectivity index (χ1v) is 13.5. The molecule has 2 aromatic carbocycles. The summed E-state index contributed by atoms with van der Waals surface area (Å²) in [4.78, 5) is 11.5. The van der Waals surface area contributed by atoms with Crippen LogP contribution in [0.3, 0.4) is 0 Å². The van der Waals surface area contributed by atoms with Gasteiger partial charge in [-0.25, -0.2) is 0 Å². The molecule has 4 rings (SSSR count). The third-order valence-electron chi connectivity index (χ3n) is 7.24. The second kappa shape index (κ2) is 16.2. The Morgan fingerprint density at radius 3 is 1.91 bits per heavy atom. The first-order chi connectivity index (χ1) is 21.1. The van der Waals surface area contributed by atoms with Gasteiger partial charge in [0.25, 0.3) is 0 Å². The minimum atomic E-state index is -1.32. The Morgan fingerprint density at radius 1 is 0.721 bits per heavy atom. The molecule has 17 nitrogen and oxygen atoms in total. The lowest BCUT2D eigenvalue weighted by Crippen LogP contribution is -2.60. The van der Waals surface area contributed by atoms with E-state index in [0.29, 0.717) is 0 Å². The lowest BCUT2D eigenvalue weighted by Gasteiger charge is -2.46. The van der Waals surface area contributed by atoms with Crippen LogP contribution in [0.15, 0.2) is 81.1 Å². The lowest BCUT2D eigenvalue weighted by atomic mass is 9.84. The molecule has 1 aliphatic carbocycles. The van der Waals surface area contributed by atoms with Crippen molar-refractivity contribution in [3.8, 4) is 0 Å². The summed E-state index contributed by atoms with van der Waals surface area (Å²) in [6.07, 6.45) is -6.02. The van der Waals surface area contributed by atoms with Crippen molar-refractivity contribution in [2.75, 3.05) is 6.54 Å². The van der Waals surface area contributed by atoms with Crippen LogP contribution in [0.25, 0.3) is 41.8 Å². The van der Waals surface area contributed by atoms with Crippen molar-refractivity contribution >= 4 is 0 Å². The van der Waals surface area contributed by atoms with Gasteiger partial charge in [0, 0.05) is 19.6 Å². The highest BCUT2D eigenvalue weighted by molar-refractivity contribution is 5.14. The van der Waals surface area contributed by atoms with Crippen LogP contribution in [0.5, 0.6) is 0 Å². The van der Waals surface area contributed by atoms with E-state index in [-0.39, 0.29) is 32.6 Å². The third-order valence-corrected chi connectivity index (χ3v) is 7.24. The highest BCUT2D eigenvalue weighted by Crippen LogP contribution is 2.35. The number of aliphatic hydroxyl groups is 1. The summed E-state index contributed by atoms with van der Waals surface area (Å²) in [5.74, 6) is 0. The molecule has 1 aliphatic heterocycles. The van der Waals surface area contributed by atoms with Gasteiger partial charge in [0.15, 0.2) is 6.29 Å². The first kappa shape index (κ1) is 31.4. The topological polar surface area (TPSA) is 252 Å². The highest BCUT2D eigenvalue weighted by atomic mass is 16.7. The van der Waals surface area contributed by atoms with Crippen LogP contribution >= 0.6 is 0 Å². The van der Waals surface area contributed by atoms with Gasteiger partial charge in [0.2, 0.25) is 0 Å². The number of hydrogen-bond donors (Lipinski definition) is 1. The molecule has 1 heterocycles. The van der Waals surface area contributed by atoms with Crippen molar-refractivity contribution in [1.82, 2.24) is 0 Å². The first-order valence-electron chi connectivity index (χ1n) is 13.5. The molecule has 43 heavy (non-hydrogen) atoms. The number of rotatable bonds is 13. The fourth-order valence-electron chi connectivity index (χ4n) is 5.17. The second-order valence-corrected chi connectivity index (χ2v) is 9.93. The van der Waals surface area contributed by atoms with Gasteiger partial charge in [-0.1, -0.05) is 81.1 Å². The summed E-state index contributed by atoms with van der Waals surface area (Å²) in [6, 6.07) is 15.8. The maximum atomic E-state index is 11.2. The SMILES string of the molecule is [N-]=[N+]=NC[C@H]1O[C@H](O[C@H]2[C@H](OCc3ccccc3)[C@@H](O)[C@H](N=[N+]=[N-])C[C@@H]2N=[N+]=[N-])[C@H](N=[N+]=[N-])C[C@@H]1OCc1ccccc1. The summed E-state index contributed by atoms with van der Waals surface area (Å²) in [5, 5.41) is 26.2. The Kier molecular flexibility index (Phi) is 11.8. The molecule has 0 unspecified atom stereocenters. The Morgan fingerprint density at radius 2 is 1.30 bits per heavy atom. The van der Waals surface area contributed by atoms with Crippen molar-refractivity contribution in [2.24, 2.45) is 20.5 Å². The monoisotopic (exact) mass is 590 g/mol. The Labute approximate surface area is 245 Å². The van der Waals surface area contributed by atoms with Crippen LogP contribution in [0, 0.1) is 0 Å².